The lowest BCUT2D eigenvalue weighted by atomic mass is 9.92. The van der Waals surface area contributed by atoms with E-state index in [2.05, 4.69) is 5.32 Å². The van der Waals surface area contributed by atoms with Gasteiger partial charge in [0.25, 0.3) is 0 Å². The first-order valence-corrected chi connectivity index (χ1v) is 8.62. The highest BCUT2D eigenvalue weighted by Crippen LogP contribution is 2.24. The van der Waals surface area contributed by atoms with Crippen LogP contribution in [-0.4, -0.2) is 35.5 Å². The van der Waals surface area contributed by atoms with Gasteiger partial charge in [0.15, 0.2) is 0 Å². The molecule has 140 valence electrons. The highest BCUT2D eigenvalue weighted by Gasteiger charge is 2.31. The highest BCUT2D eigenvalue weighted by molar-refractivity contribution is 5.95. The molecule has 0 aliphatic carbocycles. The van der Waals surface area contributed by atoms with Crippen molar-refractivity contribution in [2.45, 2.75) is 18.9 Å². The molecule has 0 saturated carbocycles. The van der Waals surface area contributed by atoms with E-state index in [9.17, 15) is 9.59 Å². The first kappa shape index (κ1) is 18.4. The lowest BCUT2D eigenvalue weighted by Crippen LogP contribution is -2.47. The summed E-state index contributed by atoms with van der Waals surface area (Å²) in [5, 5.41) is 19.3. The van der Waals surface area contributed by atoms with Crippen molar-refractivity contribution in [2.24, 2.45) is 11.7 Å². The van der Waals surface area contributed by atoms with Gasteiger partial charge in [0.2, 0.25) is 5.91 Å². The van der Waals surface area contributed by atoms with Crippen molar-refractivity contribution in [3.05, 3.63) is 54.1 Å². The van der Waals surface area contributed by atoms with E-state index < -0.39 is 11.9 Å². The topological polar surface area (TPSA) is 126 Å². The van der Waals surface area contributed by atoms with Crippen LogP contribution in [0.3, 0.4) is 0 Å². The predicted octanol–water partition coefficient (Wildman–Crippen LogP) is 2.00. The third-order valence-corrected chi connectivity index (χ3v) is 4.55. The number of amidine groups is 1. The molecule has 5 N–H and O–H groups in total. The van der Waals surface area contributed by atoms with Crippen molar-refractivity contribution >= 4 is 17.7 Å². The summed E-state index contributed by atoms with van der Waals surface area (Å²) in [6.45, 7) is 0.224. The van der Waals surface area contributed by atoms with Crippen LogP contribution in [0.4, 0.5) is 0 Å². The van der Waals surface area contributed by atoms with E-state index in [0.717, 1.165) is 11.1 Å². The van der Waals surface area contributed by atoms with E-state index in [-0.39, 0.29) is 30.8 Å². The molecule has 0 spiro atoms. The number of carbonyl (C=O) groups is 2. The number of carbonyl (C=O) groups excluding carboxylic acids is 1. The SMILES string of the molecule is N=C(N)c1ccc(-c2ccc(OC[C@@H]3C[C@@H](C(=O)O)CC(=O)N3)cc2)cc1. The summed E-state index contributed by atoms with van der Waals surface area (Å²) in [4.78, 5) is 22.7. The summed E-state index contributed by atoms with van der Waals surface area (Å²) in [6.07, 6.45) is 0.380. The minimum Gasteiger partial charge on any atom is -0.491 e. The van der Waals surface area contributed by atoms with Crippen LogP contribution in [0.5, 0.6) is 5.75 Å². The molecule has 1 aliphatic heterocycles. The van der Waals surface area contributed by atoms with Gasteiger partial charge in [-0.25, -0.2) is 0 Å². The monoisotopic (exact) mass is 367 g/mol. The molecule has 1 fully saturated rings. The third-order valence-electron chi connectivity index (χ3n) is 4.55. The number of amides is 1. The molecule has 0 radical (unpaired) electrons. The van der Waals surface area contributed by atoms with E-state index in [1.165, 1.54) is 0 Å². The molecule has 7 nitrogen and oxygen atoms in total. The molecular formula is C20H21N3O4. The molecule has 1 aliphatic rings. The summed E-state index contributed by atoms with van der Waals surface area (Å²) in [7, 11) is 0. The molecular weight excluding hydrogens is 346 g/mol. The minimum atomic E-state index is -0.949. The van der Waals surface area contributed by atoms with Crippen LogP contribution in [-0.2, 0) is 9.59 Å². The molecule has 1 saturated heterocycles. The zero-order valence-electron chi connectivity index (χ0n) is 14.6. The fraction of sp³-hybridized carbons (Fsp3) is 0.250. The maximum atomic E-state index is 11.6. The molecule has 27 heavy (non-hydrogen) atoms. The van der Waals surface area contributed by atoms with Gasteiger partial charge in [-0.2, -0.15) is 0 Å². The van der Waals surface area contributed by atoms with Crippen molar-refractivity contribution in [1.82, 2.24) is 5.32 Å². The zero-order chi connectivity index (χ0) is 19.4. The van der Waals surface area contributed by atoms with Gasteiger partial charge in [0, 0.05) is 12.0 Å². The molecule has 0 unspecified atom stereocenters. The standard InChI is InChI=1S/C20H21N3O4/c21-19(22)14-3-1-12(2-4-14)13-5-7-17(8-6-13)27-11-16-9-15(20(25)26)10-18(24)23-16/h1-8,15-16H,9-11H2,(H3,21,22)(H,23,24)(H,25,26)/t15-,16+/m1/s1. The van der Waals surface area contributed by atoms with Gasteiger partial charge in [-0.3, -0.25) is 15.0 Å². The highest BCUT2D eigenvalue weighted by atomic mass is 16.5. The molecule has 7 heteroatoms. The number of nitrogen functional groups attached to an aromatic ring is 1. The summed E-state index contributed by atoms with van der Waals surface area (Å²) < 4.78 is 5.71. The maximum Gasteiger partial charge on any atom is 0.307 e. The summed E-state index contributed by atoms with van der Waals surface area (Å²) >= 11 is 0. The van der Waals surface area contributed by atoms with Crippen molar-refractivity contribution in [2.75, 3.05) is 6.61 Å². The van der Waals surface area contributed by atoms with Gasteiger partial charge in [-0.1, -0.05) is 36.4 Å². The van der Waals surface area contributed by atoms with Crippen molar-refractivity contribution in [3.8, 4) is 16.9 Å². The second-order valence-electron chi connectivity index (χ2n) is 6.57. The van der Waals surface area contributed by atoms with Crippen molar-refractivity contribution in [3.63, 3.8) is 0 Å². The maximum absolute atomic E-state index is 11.6. The van der Waals surface area contributed by atoms with Crippen LogP contribution in [0, 0.1) is 11.3 Å². The number of hydrogen-bond acceptors (Lipinski definition) is 4. The smallest absolute Gasteiger partial charge is 0.307 e. The molecule has 2 aromatic carbocycles. The summed E-state index contributed by atoms with van der Waals surface area (Å²) in [5.74, 6) is -1.19. The van der Waals surface area contributed by atoms with E-state index in [4.69, 9.17) is 21.0 Å². The van der Waals surface area contributed by atoms with Gasteiger partial charge < -0.3 is 20.9 Å². The van der Waals surface area contributed by atoms with Gasteiger partial charge in [0.05, 0.1) is 12.0 Å². The van der Waals surface area contributed by atoms with E-state index >= 15 is 0 Å². The number of carboxylic acids is 1. The zero-order valence-corrected chi connectivity index (χ0v) is 14.6. The van der Waals surface area contributed by atoms with E-state index in [0.29, 0.717) is 17.7 Å². The number of rotatable bonds is 6. The van der Waals surface area contributed by atoms with Crippen molar-refractivity contribution < 1.29 is 19.4 Å². The average molecular weight is 367 g/mol. The Bertz CT molecular complexity index is 847. The molecule has 2 atom stereocenters. The quantitative estimate of drug-likeness (QED) is 0.459. The average Bonchev–Trinajstić information content (AvgIpc) is 2.66. The number of aliphatic carboxylic acids is 1. The first-order valence-electron chi connectivity index (χ1n) is 8.62. The molecule has 1 heterocycles. The van der Waals surface area contributed by atoms with Crippen LogP contribution in [0.25, 0.3) is 11.1 Å². The van der Waals surface area contributed by atoms with Gasteiger partial charge in [-0.05, 0) is 29.7 Å². The Labute approximate surface area is 156 Å². The van der Waals surface area contributed by atoms with Gasteiger partial charge >= 0.3 is 5.97 Å². The van der Waals surface area contributed by atoms with Crippen LogP contribution in [0.15, 0.2) is 48.5 Å². The summed E-state index contributed by atoms with van der Waals surface area (Å²) in [5.41, 5.74) is 8.12. The Kier molecular flexibility index (Phi) is 5.40. The van der Waals surface area contributed by atoms with E-state index in [1.54, 1.807) is 12.1 Å². The van der Waals surface area contributed by atoms with Crippen LogP contribution in [0.2, 0.25) is 0 Å². The molecule has 2 aromatic rings. The third kappa shape index (κ3) is 4.63. The largest absolute Gasteiger partial charge is 0.491 e. The van der Waals surface area contributed by atoms with Crippen LogP contribution < -0.4 is 15.8 Å². The van der Waals surface area contributed by atoms with Crippen molar-refractivity contribution in [1.29, 1.82) is 5.41 Å². The Hall–Kier alpha value is -3.35. The summed E-state index contributed by atoms with van der Waals surface area (Å²) in [6, 6.07) is 14.6. The van der Waals surface area contributed by atoms with Gasteiger partial charge in [-0.15, -0.1) is 0 Å². The van der Waals surface area contributed by atoms with Gasteiger partial charge in [0.1, 0.15) is 18.2 Å². The number of piperidine rings is 1. The number of nitrogens with one attached hydrogen (secondary N) is 2. The second kappa shape index (κ2) is 7.90. The van der Waals surface area contributed by atoms with Crippen LogP contribution >= 0.6 is 0 Å². The Morgan fingerprint density at radius 3 is 2.30 bits per heavy atom. The molecule has 0 aromatic heterocycles. The lowest BCUT2D eigenvalue weighted by molar-refractivity contribution is -0.146. The number of hydrogen-bond donors (Lipinski definition) is 4. The Balaban J connectivity index is 1.60. The predicted molar refractivity (Wildman–Crippen MR) is 101 cm³/mol. The fourth-order valence-electron chi connectivity index (χ4n) is 3.08. The Morgan fingerprint density at radius 2 is 1.74 bits per heavy atom. The minimum absolute atomic E-state index is 0.0168. The number of benzene rings is 2. The normalized spacial score (nSPS) is 19.2. The van der Waals surface area contributed by atoms with Crippen LogP contribution in [0.1, 0.15) is 18.4 Å². The second-order valence-corrected chi connectivity index (χ2v) is 6.57. The molecule has 1 amide bonds. The fourth-order valence-corrected chi connectivity index (χ4v) is 3.08. The lowest BCUT2D eigenvalue weighted by Gasteiger charge is -2.27. The Morgan fingerprint density at radius 1 is 1.15 bits per heavy atom. The van der Waals surface area contributed by atoms with E-state index in [1.807, 2.05) is 36.4 Å². The number of ether oxygens (including phenoxy) is 1. The number of nitrogens with two attached hydrogens (primary N) is 1. The first-order chi connectivity index (χ1) is 12.9. The number of carboxylic acid groups (broad SMARTS) is 1. The molecule has 3 rings (SSSR count). The molecule has 0 bridgehead atoms.